The molecule has 8 heteroatoms. The van der Waals surface area contributed by atoms with Crippen molar-refractivity contribution >= 4 is 23.3 Å². The van der Waals surface area contributed by atoms with E-state index in [1.807, 2.05) is 79.7 Å². The molecule has 1 N–H and O–H groups in total. The molecule has 0 bridgehead atoms. The number of hydrogen-bond donors (Lipinski definition) is 1. The summed E-state index contributed by atoms with van der Waals surface area (Å²) in [5.74, 6) is 2.47. The lowest BCUT2D eigenvalue weighted by Crippen LogP contribution is -2.31. The number of anilines is 1. The number of carbonyl (C=O) groups excluding carboxylic acids is 1. The van der Waals surface area contributed by atoms with Crippen LogP contribution in [0.2, 0.25) is 5.02 Å². The van der Waals surface area contributed by atoms with Crippen LogP contribution in [0.5, 0.6) is 11.5 Å². The number of ether oxygens (including phenoxy) is 2. The largest absolute Gasteiger partial charge is 0.490 e. The lowest BCUT2D eigenvalue weighted by molar-refractivity contribution is -0.116. The van der Waals surface area contributed by atoms with Crippen molar-refractivity contribution in [2.24, 2.45) is 0 Å². The van der Waals surface area contributed by atoms with Gasteiger partial charge in [0.2, 0.25) is 5.95 Å². The van der Waals surface area contributed by atoms with Crippen LogP contribution in [-0.4, -0.2) is 27.2 Å². The predicted octanol–water partition coefficient (Wildman–Crippen LogP) is 6.60. The van der Waals surface area contributed by atoms with Gasteiger partial charge in [-0.2, -0.15) is 4.98 Å². The molecule has 6 rings (SSSR count). The fourth-order valence-corrected chi connectivity index (χ4v) is 5.26. The zero-order valence-electron chi connectivity index (χ0n) is 21.0. The van der Waals surface area contributed by atoms with Crippen LogP contribution in [0.1, 0.15) is 43.4 Å². The van der Waals surface area contributed by atoms with E-state index < -0.39 is 6.04 Å². The van der Waals surface area contributed by atoms with Crippen molar-refractivity contribution in [3.63, 3.8) is 0 Å². The molecule has 0 saturated heterocycles. The Labute approximate surface area is 226 Å². The average Bonchev–Trinajstić information content (AvgIpc) is 3.36. The van der Waals surface area contributed by atoms with E-state index in [0.29, 0.717) is 47.9 Å². The first-order valence-electron chi connectivity index (χ1n) is 12.8. The van der Waals surface area contributed by atoms with Gasteiger partial charge in [0.05, 0.1) is 11.6 Å². The van der Waals surface area contributed by atoms with E-state index in [4.69, 9.17) is 31.2 Å². The van der Waals surface area contributed by atoms with Crippen molar-refractivity contribution in [1.29, 1.82) is 0 Å². The van der Waals surface area contributed by atoms with E-state index in [0.717, 1.165) is 40.8 Å². The molecule has 1 aliphatic carbocycles. The third-order valence-corrected chi connectivity index (χ3v) is 7.13. The topological polar surface area (TPSA) is 78.3 Å². The maximum absolute atomic E-state index is 13.3. The number of allylic oxidation sites excluding steroid dienone is 2. The molecule has 0 saturated carbocycles. The Hall–Kier alpha value is -4.10. The summed E-state index contributed by atoms with van der Waals surface area (Å²) in [6.45, 7) is 2.85. The van der Waals surface area contributed by atoms with Crippen molar-refractivity contribution in [2.75, 3.05) is 11.9 Å². The zero-order chi connectivity index (χ0) is 26.1. The molecule has 3 aromatic carbocycles. The van der Waals surface area contributed by atoms with Crippen LogP contribution < -0.4 is 14.8 Å². The van der Waals surface area contributed by atoms with Gasteiger partial charge in [0.1, 0.15) is 12.6 Å². The average molecular weight is 527 g/mol. The van der Waals surface area contributed by atoms with E-state index in [-0.39, 0.29) is 5.78 Å². The Kier molecular flexibility index (Phi) is 6.60. The van der Waals surface area contributed by atoms with Crippen molar-refractivity contribution in [3.05, 3.63) is 100 Å². The number of fused-ring (bicyclic) bond motifs is 1. The second-order valence-electron chi connectivity index (χ2n) is 9.29. The molecule has 0 amide bonds. The number of ketones is 1. The van der Waals surface area contributed by atoms with Crippen molar-refractivity contribution in [3.8, 4) is 22.9 Å². The van der Waals surface area contributed by atoms with Crippen LogP contribution in [0.3, 0.4) is 0 Å². The highest BCUT2D eigenvalue weighted by atomic mass is 35.5. The van der Waals surface area contributed by atoms with Crippen LogP contribution in [0.15, 0.2) is 84.1 Å². The van der Waals surface area contributed by atoms with Gasteiger partial charge in [-0.3, -0.25) is 4.79 Å². The number of hydrogen-bond acceptors (Lipinski definition) is 6. The third kappa shape index (κ3) is 4.54. The van der Waals surface area contributed by atoms with Crippen LogP contribution in [0, 0.1) is 0 Å². The summed E-state index contributed by atoms with van der Waals surface area (Å²) in [7, 11) is 0. The van der Waals surface area contributed by atoms with Gasteiger partial charge in [-0.25, -0.2) is 4.68 Å². The summed E-state index contributed by atoms with van der Waals surface area (Å²) in [4.78, 5) is 18.0. The van der Waals surface area contributed by atoms with Crippen molar-refractivity contribution in [1.82, 2.24) is 14.8 Å². The standard InChI is InChI=1S/C30H27ClN4O3/c1-2-37-26-17-20(15-16-25(26)38-18-19-9-4-3-5-10-19)28-27-23(13-8-14-24(27)36)32-30-33-29(34-35(28)30)21-11-6-7-12-22(21)31/h3-7,9-12,15-17,28H,2,8,13-14,18H2,1H3,(H,32,33,34). The fourth-order valence-electron chi connectivity index (χ4n) is 5.04. The SMILES string of the molecule is CCOc1cc(C2C3=C(CCCC3=O)Nc3nc(-c4ccccc4Cl)nn32)ccc1OCc1ccccc1. The molecule has 0 fully saturated rings. The summed E-state index contributed by atoms with van der Waals surface area (Å²) < 4.78 is 13.9. The van der Waals surface area contributed by atoms with Crippen LogP contribution in [0.25, 0.3) is 11.4 Å². The normalized spacial score (nSPS) is 16.5. The minimum Gasteiger partial charge on any atom is -0.490 e. The highest BCUT2D eigenvalue weighted by molar-refractivity contribution is 6.33. The molecule has 2 aliphatic rings. The molecule has 0 spiro atoms. The molecule has 1 aliphatic heterocycles. The Morgan fingerprint density at radius 2 is 1.82 bits per heavy atom. The molecule has 2 heterocycles. The molecule has 1 atom stereocenters. The minimum absolute atomic E-state index is 0.117. The van der Waals surface area contributed by atoms with Gasteiger partial charge in [-0.05, 0) is 55.2 Å². The predicted molar refractivity (Wildman–Crippen MR) is 146 cm³/mol. The number of carbonyl (C=O) groups is 1. The van der Waals surface area contributed by atoms with E-state index in [2.05, 4.69) is 5.32 Å². The number of benzene rings is 3. The number of rotatable bonds is 7. The molecule has 7 nitrogen and oxygen atoms in total. The monoisotopic (exact) mass is 526 g/mol. The molecule has 4 aromatic rings. The number of aromatic nitrogens is 3. The summed E-state index contributed by atoms with van der Waals surface area (Å²) in [6.07, 6.45) is 2.09. The lowest BCUT2D eigenvalue weighted by atomic mass is 9.85. The van der Waals surface area contributed by atoms with E-state index in [9.17, 15) is 4.79 Å². The quantitative estimate of drug-likeness (QED) is 0.292. The lowest BCUT2D eigenvalue weighted by Gasteiger charge is -2.32. The molecule has 0 radical (unpaired) electrons. The summed E-state index contributed by atoms with van der Waals surface area (Å²) in [5.41, 5.74) is 4.31. The van der Waals surface area contributed by atoms with Crippen LogP contribution >= 0.6 is 11.6 Å². The first kappa shape index (κ1) is 24.2. The maximum Gasteiger partial charge on any atom is 0.226 e. The van der Waals surface area contributed by atoms with E-state index >= 15 is 0 Å². The number of nitrogens with zero attached hydrogens (tertiary/aromatic N) is 3. The molecule has 1 unspecified atom stereocenters. The molecule has 38 heavy (non-hydrogen) atoms. The second kappa shape index (κ2) is 10.3. The fraction of sp³-hybridized carbons (Fsp3) is 0.233. The highest BCUT2D eigenvalue weighted by Crippen LogP contribution is 2.43. The summed E-state index contributed by atoms with van der Waals surface area (Å²) >= 11 is 6.46. The molecular weight excluding hydrogens is 500 g/mol. The van der Waals surface area contributed by atoms with Crippen molar-refractivity contribution in [2.45, 2.75) is 38.8 Å². The number of nitrogens with one attached hydrogen (secondary N) is 1. The smallest absolute Gasteiger partial charge is 0.226 e. The van der Waals surface area contributed by atoms with E-state index in [1.165, 1.54) is 0 Å². The Morgan fingerprint density at radius 1 is 1.00 bits per heavy atom. The van der Waals surface area contributed by atoms with Gasteiger partial charge >= 0.3 is 0 Å². The summed E-state index contributed by atoms with van der Waals surface area (Å²) in [5, 5.41) is 8.79. The molecule has 192 valence electrons. The molecule has 1 aromatic heterocycles. The first-order chi connectivity index (χ1) is 18.6. The van der Waals surface area contributed by atoms with Crippen molar-refractivity contribution < 1.29 is 14.3 Å². The first-order valence-corrected chi connectivity index (χ1v) is 13.2. The number of halogens is 1. The van der Waals surface area contributed by atoms with Gasteiger partial charge in [0.15, 0.2) is 23.1 Å². The third-order valence-electron chi connectivity index (χ3n) is 6.80. The Bertz CT molecular complexity index is 1530. The van der Waals surface area contributed by atoms with Crippen LogP contribution in [0.4, 0.5) is 5.95 Å². The van der Waals surface area contributed by atoms with Gasteiger partial charge in [-0.1, -0.05) is 60.1 Å². The summed E-state index contributed by atoms with van der Waals surface area (Å²) in [6, 6.07) is 22.9. The van der Waals surface area contributed by atoms with Gasteiger partial charge in [0.25, 0.3) is 0 Å². The maximum atomic E-state index is 13.3. The Morgan fingerprint density at radius 3 is 2.63 bits per heavy atom. The highest BCUT2D eigenvalue weighted by Gasteiger charge is 2.37. The van der Waals surface area contributed by atoms with Crippen LogP contribution in [-0.2, 0) is 11.4 Å². The van der Waals surface area contributed by atoms with Gasteiger partial charge in [-0.15, -0.1) is 5.10 Å². The van der Waals surface area contributed by atoms with Gasteiger partial charge < -0.3 is 14.8 Å². The number of Topliss-reactive ketones (excluding diaryl/α,β-unsaturated/α-hetero) is 1. The second-order valence-corrected chi connectivity index (χ2v) is 9.70. The van der Waals surface area contributed by atoms with E-state index in [1.54, 1.807) is 4.68 Å². The molecular formula is C30H27ClN4O3. The zero-order valence-corrected chi connectivity index (χ0v) is 21.7. The van der Waals surface area contributed by atoms with Gasteiger partial charge in [0, 0.05) is 23.3 Å². The minimum atomic E-state index is -0.444. The Balaban J connectivity index is 1.42.